The summed E-state index contributed by atoms with van der Waals surface area (Å²) in [5, 5.41) is 0. The molecule has 10 heteroatoms. The van der Waals surface area contributed by atoms with E-state index in [1.807, 2.05) is 0 Å². The molecule has 1 aromatic carbocycles. The van der Waals surface area contributed by atoms with E-state index in [1.54, 1.807) is 0 Å². The molecule has 0 spiro atoms. The van der Waals surface area contributed by atoms with Gasteiger partial charge in [-0.3, -0.25) is 9.52 Å². The second-order valence-corrected chi connectivity index (χ2v) is 9.21. The Kier molecular flexibility index (Phi) is 3.95. The highest BCUT2D eigenvalue weighted by Crippen LogP contribution is 2.21. The van der Waals surface area contributed by atoms with Gasteiger partial charge in [-0.25, -0.2) is 16.8 Å². The Balaban J connectivity index is 2.33. The van der Waals surface area contributed by atoms with E-state index in [9.17, 15) is 21.6 Å². The number of benzene rings is 1. The summed E-state index contributed by atoms with van der Waals surface area (Å²) in [6.07, 6.45) is 1.06. The Bertz CT molecular complexity index is 921. The van der Waals surface area contributed by atoms with E-state index in [1.165, 1.54) is 31.2 Å². The number of anilines is 1. The average Bonchev–Trinajstić information content (AvgIpc) is 2.68. The van der Waals surface area contributed by atoms with Crippen LogP contribution in [0.4, 0.5) is 5.69 Å². The standard InChI is InChI=1S/C11H12N2O5S3/c1-7-10(19-11(14)12-7)21(17,18)13-8-3-5-9(6-4-8)20(2,15)16/h3-6,13H,1-2H3,(H,12,14). The Labute approximate surface area is 125 Å². The predicted molar refractivity (Wildman–Crippen MR) is 80.0 cm³/mol. The summed E-state index contributed by atoms with van der Waals surface area (Å²) in [6, 6.07) is 5.30. The molecule has 114 valence electrons. The summed E-state index contributed by atoms with van der Waals surface area (Å²) in [4.78, 5) is 13.2. The molecule has 0 saturated heterocycles. The van der Waals surface area contributed by atoms with Gasteiger partial charge in [-0.15, -0.1) is 0 Å². The molecule has 0 radical (unpaired) electrons. The van der Waals surface area contributed by atoms with Crippen molar-refractivity contribution in [3.05, 3.63) is 39.6 Å². The number of nitrogens with one attached hydrogen (secondary N) is 2. The van der Waals surface area contributed by atoms with Crippen molar-refractivity contribution >= 4 is 36.9 Å². The number of hydrogen-bond donors (Lipinski definition) is 2. The molecule has 0 aliphatic carbocycles. The summed E-state index contributed by atoms with van der Waals surface area (Å²) in [6.45, 7) is 1.49. The quantitative estimate of drug-likeness (QED) is 0.854. The Hall–Kier alpha value is -1.65. The van der Waals surface area contributed by atoms with Gasteiger partial charge in [-0.1, -0.05) is 11.3 Å². The van der Waals surface area contributed by atoms with E-state index in [4.69, 9.17) is 0 Å². The average molecular weight is 348 g/mol. The zero-order valence-electron chi connectivity index (χ0n) is 11.1. The van der Waals surface area contributed by atoms with Crippen LogP contribution < -0.4 is 9.60 Å². The minimum atomic E-state index is -3.88. The van der Waals surface area contributed by atoms with Crippen molar-refractivity contribution in [2.45, 2.75) is 16.0 Å². The molecule has 1 heterocycles. The molecule has 2 rings (SSSR count). The maximum atomic E-state index is 12.1. The number of aromatic nitrogens is 1. The van der Waals surface area contributed by atoms with E-state index < -0.39 is 24.7 Å². The first-order valence-electron chi connectivity index (χ1n) is 5.62. The van der Waals surface area contributed by atoms with Gasteiger partial charge in [0, 0.05) is 17.6 Å². The Morgan fingerprint density at radius 2 is 1.67 bits per heavy atom. The lowest BCUT2D eigenvalue weighted by molar-refractivity contribution is 0.601. The predicted octanol–water partition coefficient (Wildman–Crippen LogP) is 0.949. The van der Waals surface area contributed by atoms with Gasteiger partial charge >= 0.3 is 4.87 Å². The second kappa shape index (κ2) is 5.28. The fraction of sp³-hybridized carbons (Fsp3) is 0.182. The third-order valence-corrected chi connectivity index (χ3v) is 6.67. The van der Waals surface area contributed by atoms with Gasteiger partial charge in [0.2, 0.25) is 0 Å². The molecule has 1 aromatic heterocycles. The highest BCUT2D eigenvalue weighted by atomic mass is 32.2. The summed E-state index contributed by atoms with van der Waals surface area (Å²) in [5.74, 6) is 0. The van der Waals surface area contributed by atoms with Crippen LogP contribution in [0.15, 0.2) is 38.2 Å². The smallest absolute Gasteiger partial charge is 0.306 e. The van der Waals surface area contributed by atoms with Gasteiger partial charge in [0.25, 0.3) is 10.0 Å². The first kappa shape index (κ1) is 15.7. The molecule has 0 atom stereocenters. The van der Waals surface area contributed by atoms with Crippen molar-refractivity contribution in [2.75, 3.05) is 11.0 Å². The third kappa shape index (κ3) is 3.52. The van der Waals surface area contributed by atoms with Crippen LogP contribution in [0, 0.1) is 6.92 Å². The third-order valence-electron chi connectivity index (χ3n) is 2.56. The van der Waals surface area contributed by atoms with Crippen molar-refractivity contribution < 1.29 is 16.8 Å². The number of sulfone groups is 1. The fourth-order valence-electron chi connectivity index (χ4n) is 1.62. The monoisotopic (exact) mass is 348 g/mol. The molecule has 21 heavy (non-hydrogen) atoms. The topological polar surface area (TPSA) is 113 Å². The maximum Gasteiger partial charge on any atom is 0.306 e. The maximum absolute atomic E-state index is 12.1. The van der Waals surface area contributed by atoms with E-state index in [0.717, 1.165) is 6.26 Å². The molecule has 0 saturated carbocycles. The molecular weight excluding hydrogens is 336 g/mol. The van der Waals surface area contributed by atoms with Crippen molar-refractivity contribution in [3.8, 4) is 0 Å². The van der Waals surface area contributed by atoms with E-state index in [0.29, 0.717) is 11.3 Å². The van der Waals surface area contributed by atoms with Crippen LogP contribution in [-0.2, 0) is 19.9 Å². The number of aromatic amines is 1. The number of aryl methyl sites for hydroxylation is 1. The van der Waals surface area contributed by atoms with Gasteiger partial charge in [0.15, 0.2) is 14.0 Å². The van der Waals surface area contributed by atoms with E-state index in [-0.39, 0.29) is 20.5 Å². The Morgan fingerprint density at radius 3 is 2.10 bits per heavy atom. The van der Waals surface area contributed by atoms with Crippen molar-refractivity contribution in [3.63, 3.8) is 0 Å². The lowest BCUT2D eigenvalue weighted by Gasteiger charge is -2.07. The zero-order chi connectivity index (χ0) is 15.8. The van der Waals surface area contributed by atoms with Crippen LogP contribution in [0.1, 0.15) is 5.69 Å². The molecule has 7 nitrogen and oxygen atoms in total. The second-order valence-electron chi connectivity index (χ2n) is 4.33. The minimum Gasteiger partial charge on any atom is -0.315 e. The largest absolute Gasteiger partial charge is 0.315 e. The van der Waals surface area contributed by atoms with Gasteiger partial charge in [-0.05, 0) is 31.2 Å². The van der Waals surface area contributed by atoms with Crippen molar-refractivity contribution in [1.82, 2.24) is 4.98 Å². The number of rotatable bonds is 4. The normalized spacial score (nSPS) is 12.3. The number of thiazole rings is 1. The molecule has 0 bridgehead atoms. The van der Waals surface area contributed by atoms with Crippen LogP contribution in [0.3, 0.4) is 0 Å². The highest BCUT2D eigenvalue weighted by molar-refractivity contribution is 7.94. The van der Waals surface area contributed by atoms with Crippen molar-refractivity contribution in [2.24, 2.45) is 0 Å². The molecule has 0 aliphatic rings. The van der Waals surface area contributed by atoms with Crippen LogP contribution in [-0.4, -0.2) is 28.1 Å². The highest BCUT2D eigenvalue weighted by Gasteiger charge is 2.20. The molecule has 2 aromatic rings. The van der Waals surface area contributed by atoms with E-state index >= 15 is 0 Å². The zero-order valence-corrected chi connectivity index (χ0v) is 13.5. The van der Waals surface area contributed by atoms with Gasteiger partial charge < -0.3 is 4.98 Å². The summed E-state index contributed by atoms with van der Waals surface area (Å²) >= 11 is 0.590. The molecule has 0 fully saturated rings. The van der Waals surface area contributed by atoms with Crippen LogP contribution in [0.2, 0.25) is 0 Å². The summed E-state index contributed by atoms with van der Waals surface area (Å²) < 4.78 is 49.1. The van der Waals surface area contributed by atoms with Gasteiger partial charge in [0.1, 0.15) is 0 Å². The van der Waals surface area contributed by atoms with Crippen LogP contribution in [0.5, 0.6) is 0 Å². The SMILES string of the molecule is Cc1[nH]c(=O)sc1S(=O)(=O)Nc1ccc(S(C)(=O)=O)cc1. The number of hydrogen-bond acceptors (Lipinski definition) is 6. The van der Waals surface area contributed by atoms with Gasteiger partial charge in [-0.2, -0.15) is 0 Å². The minimum absolute atomic E-state index is 0.0907. The summed E-state index contributed by atoms with van der Waals surface area (Å²) in [7, 11) is -7.22. The van der Waals surface area contributed by atoms with Crippen molar-refractivity contribution in [1.29, 1.82) is 0 Å². The Morgan fingerprint density at radius 1 is 1.10 bits per heavy atom. The first-order chi connectivity index (χ1) is 9.59. The fourth-order valence-corrected chi connectivity index (χ4v) is 4.61. The van der Waals surface area contributed by atoms with Crippen LogP contribution >= 0.6 is 11.3 Å². The summed E-state index contributed by atoms with van der Waals surface area (Å²) in [5.41, 5.74) is 0.466. The van der Waals surface area contributed by atoms with Crippen LogP contribution in [0.25, 0.3) is 0 Å². The van der Waals surface area contributed by atoms with Gasteiger partial charge in [0.05, 0.1) is 4.90 Å². The van der Waals surface area contributed by atoms with E-state index in [2.05, 4.69) is 9.71 Å². The molecular formula is C11H12N2O5S3. The molecule has 2 N–H and O–H groups in total. The molecule has 0 amide bonds. The lowest BCUT2D eigenvalue weighted by Crippen LogP contribution is -2.12. The molecule has 0 unspecified atom stereocenters. The lowest BCUT2D eigenvalue weighted by atomic mass is 10.3. The number of H-pyrrole nitrogens is 1. The number of sulfonamides is 1. The molecule has 0 aliphatic heterocycles. The first-order valence-corrected chi connectivity index (χ1v) is 9.81.